The summed E-state index contributed by atoms with van der Waals surface area (Å²) in [4.78, 5) is 4.61. The van der Waals surface area contributed by atoms with Gasteiger partial charge in [-0.05, 0) is 11.5 Å². The van der Waals surface area contributed by atoms with E-state index in [1.165, 1.54) is 5.56 Å². The van der Waals surface area contributed by atoms with Crippen molar-refractivity contribution in [3.8, 4) is 11.3 Å². The average Bonchev–Trinajstić information content (AvgIpc) is 2.66. The third-order valence-electron chi connectivity index (χ3n) is 3.40. The molecule has 1 heterocycles. The predicted octanol–water partition coefficient (Wildman–Crippen LogP) is 3.36. The minimum Gasteiger partial charge on any atom is -0.383 e. The van der Waals surface area contributed by atoms with Crippen LogP contribution in [0.25, 0.3) is 11.3 Å². The number of imidazole rings is 1. The highest BCUT2D eigenvalue weighted by atomic mass is 15.1. The van der Waals surface area contributed by atoms with Crippen LogP contribution >= 0.6 is 0 Å². The summed E-state index contributed by atoms with van der Waals surface area (Å²) in [5, 5.41) is 0. The second-order valence-corrected chi connectivity index (χ2v) is 4.95. The van der Waals surface area contributed by atoms with Crippen molar-refractivity contribution >= 4 is 5.82 Å². The molecule has 0 unspecified atom stereocenters. The monoisotopic (exact) mass is 243 g/mol. The van der Waals surface area contributed by atoms with Gasteiger partial charge >= 0.3 is 0 Å². The van der Waals surface area contributed by atoms with Crippen LogP contribution in [0.15, 0.2) is 24.3 Å². The molecule has 0 bridgehead atoms. The Morgan fingerprint density at radius 3 is 2.28 bits per heavy atom. The summed E-state index contributed by atoms with van der Waals surface area (Å²) < 4.78 is 1.96. The molecule has 0 spiro atoms. The topological polar surface area (TPSA) is 43.8 Å². The summed E-state index contributed by atoms with van der Waals surface area (Å²) in [5.74, 6) is 2.31. The molecular weight excluding hydrogens is 222 g/mol. The van der Waals surface area contributed by atoms with Gasteiger partial charge in [-0.15, -0.1) is 0 Å². The zero-order valence-electron chi connectivity index (χ0n) is 11.6. The SMILES string of the molecule is CCc1nc(-c2ccc(C(C)C)cc2)c(N)n1C. The number of nitrogens with zero attached hydrogens (tertiary/aromatic N) is 2. The van der Waals surface area contributed by atoms with Crippen LogP contribution < -0.4 is 5.73 Å². The lowest BCUT2D eigenvalue weighted by Crippen LogP contribution is -2.00. The number of hydrogen-bond donors (Lipinski definition) is 1. The lowest BCUT2D eigenvalue weighted by atomic mass is 10.0. The minimum atomic E-state index is 0.548. The maximum absolute atomic E-state index is 6.11. The van der Waals surface area contributed by atoms with E-state index < -0.39 is 0 Å². The van der Waals surface area contributed by atoms with Gasteiger partial charge in [0, 0.05) is 19.0 Å². The van der Waals surface area contributed by atoms with E-state index in [-0.39, 0.29) is 0 Å². The summed E-state index contributed by atoms with van der Waals surface area (Å²) in [6.45, 7) is 6.48. The molecular formula is C15H21N3. The molecule has 2 N–H and O–H groups in total. The van der Waals surface area contributed by atoms with Crippen LogP contribution in [0.5, 0.6) is 0 Å². The highest BCUT2D eigenvalue weighted by Gasteiger charge is 2.12. The molecule has 0 radical (unpaired) electrons. The van der Waals surface area contributed by atoms with Gasteiger partial charge < -0.3 is 10.3 Å². The zero-order chi connectivity index (χ0) is 13.3. The number of hydrogen-bond acceptors (Lipinski definition) is 2. The highest BCUT2D eigenvalue weighted by Crippen LogP contribution is 2.27. The van der Waals surface area contributed by atoms with Gasteiger partial charge in [0.05, 0.1) is 0 Å². The number of aromatic nitrogens is 2. The number of benzene rings is 1. The molecule has 0 aliphatic carbocycles. The first-order valence-corrected chi connectivity index (χ1v) is 6.46. The highest BCUT2D eigenvalue weighted by molar-refractivity contribution is 5.71. The van der Waals surface area contributed by atoms with Crippen LogP contribution in [0.3, 0.4) is 0 Å². The van der Waals surface area contributed by atoms with Crippen LogP contribution in [-0.2, 0) is 13.5 Å². The first-order valence-electron chi connectivity index (χ1n) is 6.46. The largest absolute Gasteiger partial charge is 0.383 e. The van der Waals surface area contributed by atoms with Crippen LogP contribution in [0.1, 0.15) is 38.1 Å². The first-order chi connectivity index (χ1) is 8.54. The molecule has 0 saturated carbocycles. The Morgan fingerprint density at radius 1 is 1.22 bits per heavy atom. The molecule has 1 aromatic carbocycles. The van der Waals surface area contributed by atoms with Gasteiger partial charge in [-0.3, -0.25) is 0 Å². The number of nitrogen functional groups attached to an aromatic ring is 1. The summed E-state index contributed by atoms with van der Waals surface area (Å²) in [6, 6.07) is 8.51. The molecule has 0 amide bonds. The molecule has 0 saturated heterocycles. The van der Waals surface area contributed by atoms with E-state index in [9.17, 15) is 0 Å². The number of rotatable bonds is 3. The lowest BCUT2D eigenvalue weighted by Gasteiger charge is -2.06. The van der Waals surface area contributed by atoms with E-state index in [2.05, 4.69) is 50.0 Å². The predicted molar refractivity (Wildman–Crippen MR) is 76.5 cm³/mol. The summed E-state index contributed by atoms with van der Waals surface area (Å²) in [7, 11) is 1.97. The van der Waals surface area contributed by atoms with Crippen molar-refractivity contribution in [1.29, 1.82) is 0 Å². The maximum atomic E-state index is 6.11. The molecule has 2 rings (SSSR count). The molecule has 96 valence electrons. The average molecular weight is 243 g/mol. The van der Waals surface area contributed by atoms with Gasteiger partial charge in [0.1, 0.15) is 17.3 Å². The summed E-state index contributed by atoms with van der Waals surface area (Å²) in [5.41, 5.74) is 9.43. The van der Waals surface area contributed by atoms with Crippen LogP contribution in [0.2, 0.25) is 0 Å². The number of aryl methyl sites for hydroxylation is 1. The number of nitrogens with two attached hydrogens (primary N) is 1. The molecule has 3 nitrogen and oxygen atoms in total. The molecule has 2 aromatic rings. The molecule has 0 fully saturated rings. The van der Waals surface area contributed by atoms with Gasteiger partial charge in [0.2, 0.25) is 0 Å². The van der Waals surface area contributed by atoms with Crippen molar-refractivity contribution in [2.24, 2.45) is 7.05 Å². The second kappa shape index (κ2) is 4.84. The van der Waals surface area contributed by atoms with Crippen molar-refractivity contribution in [2.45, 2.75) is 33.1 Å². The quantitative estimate of drug-likeness (QED) is 0.898. The fraction of sp³-hybridized carbons (Fsp3) is 0.400. The van der Waals surface area contributed by atoms with Crippen LogP contribution in [-0.4, -0.2) is 9.55 Å². The molecule has 0 aliphatic rings. The van der Waals surface area contributed by atoms with Gasteiger partial charge in [0.15, 0.2) is 0 Å². The third-order valence-corrected chi connectivity index (χ3v) is 3.40. The van der Waals surface area contributed by atoms with E-state index >= 15 is 0 Å². The van der Waals surface area contributed by atoms with Crippen molar-refractivity contribution < 1.29 is 0 Å². The molecule has 0 atom stereocenters. The van der Waals surface area contributed by atoms with E-state index in [4.69, 9.17) is 5.73 Å². The zero-order valence-corrected chi connectivity index (χ0v) is 11.6. The maximum Gasteiger partial charge on any atom is 0.131 e. The smallest absolute Gasteiger partial charge is 0.131 e. The van der Waals surface area contributed by atoms with Crippen molar-refractivity contribution in [2.75, 3.05) is 5.73 Å². The van der Waals surface area contributed by atoms with Crippen LogP contribution in [0.4, 0.5) is 5.82 Å². The standard InChI is InChI=1S/C15H21N3/c1-5-13-17-14(15(16)18(13)4)12-8-6-11(7-9-12)10(2)3/h6-10H,5,16H2,1-4H3. The normalized spacial score (nSPS) is 11.2. The van der Waals surface area contributed by atoms with E-state index in [1.54, 1.807) is 0 Å². The minimum absolute atomic E-state index is 0.548. The summed E-state index contributed by atoms with van der Waals surface area (Å²) in [6.07, 6.45) is 0.894. The summed E-state index contributed by atoms with van der Waals surface area (Å²) >= 11 is 0. The Balaban J connectivity index is 2.42. The van der Waals surface area contributed by atoms with E-state index in [0.717, 1.165) is 29.3 Å². The van der Waals surface area contributed by atoms with Gasteiger partial charge in [-0.1, -0.05) is 45.0 Å². The van der Waals surface area contributed by atoms with E-state index in [0.29, 0.717) is 5.92 Å². The Labute approximate surface area is 109 Å². The fourth-order valence-corrected chi connectivity index (χ4v) is 2.11. The van der Waals surface area contributed by atoms with Gasteiger partial charge in [-0.25, -0.2) is 4.98 Å². The first kappa shape index (κ1) is 12.7. The Bertz CT molecular complexity index is 536. The molecule has 18 heavy (non-hydrogen) atoms. The van der Waals surface area contributed by atoms with Crippen molar-refractivity contribution in [3.63, 3.8) is 0 Å². The third kappa shape index (κ3) is 2.13. The fourth-order valence-electron chi connectivity index (χ4n) is 2.11. The van der Waals surface area contributed by atoms with Crippen molar-refractivity contribution in [3.05, 3.63) is 35.7 Å². The Morgan fingerprint density at radius 2 is 1.83 bits per heavy atom. The van der Waals surface area contributed by atoms with Gasteiger partial charge in [0.25, 0.3) is 0 Å². The molecule has 1 aromatic heterocycles. The van der Waals surface area contributed by atoms with Crippen LogP contribution in [0, 0.1) is 0 Å². The molecule has 0 aliphatic heterocycles. The Hall–Kier alpha value is -1.77. The second-order valence-electron chi connectivity index (χ2n) is 4.95. The van der Waals surface area contributed by atoms with E-state index in [1.807, 2.05) is 11.6 Å². The van der Waals surface area contributed by atoms with Gasteiger partial charge in [-0.2, -0.15) is 0 Å². The lowest BCUT2D eigenvalue weighted by molar-refractivity contribution is 0.816. The Kier molecular flexibility index (Phi) is 3.41. The number of anilines is 1. The molecule has 3 heteroatoms. The van der Waals surface area contributed by atoms with Crippen molar-refractivity contribution in [1.82, 2.24) is 9.55 Å².